The highest BCUT2D eigenvalue weighted by atomic mass is 14.2. The molecule has 0 saturated heterocycles. The second kappa shape index (κ2) is 5.61. The average molecular weight is 168 g/mol. The average Bonchev–Trinajstić information content (AvgIpc) is 2.27. The fourth-order valence-corrected chi connectivity index (χ4v) is 2.47. The molecule has 1 saturated carbocycles. The van der Waals surface area contributed by atoms with Gasteiger partial charge < -0.3 is 0 Å². The van der Waals surface area contributed by atoms with E-state index in [1.54, 1.807) is 0 Å². The molecule has 0 aliphatic heterocycles. The van der Waals surface area contributed by atoms with Gasteiger partial charge in [0, 0.05) is 0 Å². The summed E-state index contributed by atoms with van der Waals surface area (Å²) in [6, 6.07) is 0. The van der Waals surface area contributed by atoms with Gasteiger partial charge in [-0.1, -0.05) is 65.2 Å². The van der Waals surface area contributed by atoms with Gasteiger partial charge in [-0.15, -0.1) is 0 Å². The molecule has 0 heterocycles. The van der Waals surface area contributed by atoms with Gasteiger partial charge >= 0.3 is 0 Å². The van der Waals surface area contributed by atoms with Crippen molar-refractivity contribution >= 4 is 0 Å². The van der Waals surface area contributed by atoms with E-state index in [1.165, 1.54) is 51.4 Å². The van der Waals surface area contributed by atoms with Crippen molar-refractivity contribution in [2.75, 3.05) is 0 Å². The van der Waals surface area contributed by atoms with Crippen molar-refractivity contribution in [2.24, 2.45) is 11.8 Å². The molecule has 0 bridgehead atoms. The minimum Gasteiger partial charge on any atom is -0.0654 e. The van der Waals surface area contributed by atoms with Crippen LogP contribution in [0, 0.1) is 11.8 Å². The third-order valence-electron chi connectivity index (χ3n) is 3.47. The summed E-state index contributed by atoms with van der Waals surface area (Å²) in [5.74, 6) is 2.08. The Morgan fingerprint density at radius 2 is 1.83 bits per heavy atom. The van der Waals surface area contributed by atoms with Gasteiger partial charge in [0.15, 0.2) is 0 Å². The van der Waals surface area contributed by atoms with E-state index in [9.17, 15) is 0 Å². The topological polar surface area (TPSA) is 0 Å². The molecule has 1 fully saturated rings. The molecule has 1 aliphatic rings. The first-order valence-electron chi connectivity index (χ1n) is 5.84. The van der Waals surface area contributed by atoms with Crippen LogP contribution in [0.1, 0.15) is 65.2 Å². The smallest absolute Gasteiger partial charge is 0.0388 e. The zero-order chi connectivity index (χ0) is 8.81. The molecule has 0 aromatic heterocycles. The molecule has 2 atom stereocenters. The van der Waals surface area contributed by atoms with Crippen molar-refractivity contribution in [3.8, 4) is 0 Å². The zero-order valence-corrected chi connectivity index (χ0v) is 8.81. The number of unbranched alkanes of at least 4 members (excludes halogenated alkanes) is 1. The van der Waals surface area contributed by atoms with Crippen LogP contribution in [0.5, 0.6) is 0 Å². The maximum Gasteiger partial charge on any atom is -0.0388 e. The zero-order valence-electron chi connectivity index (χ0n) is 8.81. The molecule has 0 heteroatoms. The molecule has 1 aliphatic carbocycles. The molecule has 0 nitrogen and oxygen atoms in total. The molecule has 72 valence electrons. The molecule has 0 amide bonds. The van der Waals surface area contributed by atoms with E-state index in [0.717, 1.165) is 11.8 Å². The first-order chi connectivity index (χ1) is 5.84. The van der Waals surface area contributed by atoms with Crippen molar-refractivity contribution in [3.63, 3.8) is 0 Å². The summed E-state index contributed by atoms with van der Waals surface area (Å²) in [5.41, 5.74) is 0. The first kappa shape index (κ1) is 10.1. The van der Waals surface area contributed by atoms with Crippen LogP contribution in [0.15, 0.2) is 0 Å². The first-order valence-corrected chi connectivity index (χ1v) is 5.84. The summed E-state index contributed by atoms with van der Waals surface area (Å²) < 4.78 is 0. The predicted molar refractivity (Wildman–Crippen MR) is 55.3 cm³/mol. The molecule has 0 aromatic carbocycles. The predicted octanol–water partition coefficient (Wildman–Crippen LogP) is 4.39. The van der Waals surface area contributed by atoms with Crippen LogP contribution in [0.3, 0.4) is 0 Å². The normalized spacial score (nSPS) is 31.5. The Hall–Kier alpha value is 0. The minimum absolute atomic E-state index is 1.01. The molecule has 0 aromatic rings. The Balaban J connectivity index is 2.26. The van der Waals surface area contributed by atoms with Gasteiger partial charge in [0.1, 0.15) is 0 Å². The van der Waals surface area contributed by atoms with E-state index in [0.29, 0.717) is 0 Å². The quantitative estimate of drug-likeness (QED) is 0.548. The Labute approximate surface area is 77.7 Å². The summed E-state index contributed by atoms with van der Waals surface area (Å²) in [6.45, 7) is 4.77. The Kier molecular flexibility index (Phi) is 4.72. The maximum absolute atomic E-state index is 2.46. The Morgan fingerprint density at radius 1 is 1.08 bits per heavy atom. The van der Waals surface area contributed by atoms with Gasteiger partial charge in [0.2, 0.25) is 0 Å². The third-order valence-corrected chi connectivity index (χ3v) is 3.47. The number of hydrogen-bond donors (Lipinski definition) is 0. The van der Waals surface area contributed by atoms with Crippen molar-refractivity contribution in [1.29, 1.82) is 0 Å². The minimum atomic E-state index is 1.01. The van der Waals surface area contributed by atoms with Crippen molar-refractivity contribution in [2.45, 2.75) is 65.2 Å². The Morgan fingerprint density at radius 3 is 2.58 bits per heavy atom. The van der Waals surface area contributed by atoms with Crippen molar-refractivity contribution in [3.05, 3.63) is 0 Å². The van der Waals surface area contributed by atoms with Crippen LogP contribution in [-0.2, 0) is 0 Å². The summed E-state index contributed by atoms with van der Waals surface area (Å²) >= 11 is 0. The lowest BCUT2D eigenvalue weighted by molar-refractivity contribution is 0.310. The second-order valence-electron chi connectivity index (χ2n) is 4.52. The van der Waals surface area contributed by atoms with Crippen LogP contribution < -0.4 is 0 Å². The molecule has 0 radical (unpaired) electrons. The van der Waals surface area contributed by atoms with Gasteiger partial charge in [-0.05, 0) is 11.8 Å². The van der Waals surface area contributed by atoms with E-state index in [2.05, 4.69) is 13.8 Å². The largest absolute Gasteiger partial charge is 0.0654 e. The third kappa shape index (κ3) is 3.16. The van der Waals surface area contributed by atoms with Crippen LogP contribution in [0.4, 0.5) is 0 Å². The fourth-order valence-electron chi connectivity index (χ4n) is 2.47. The van der Waals surface area contributed by atoms with Gasteiger partial charge in [-0.3, -0.25) is 0 Å². The highest BCUT2D eigenvalue weighted by molar-refractivity contribution is 4.70. The molecule has 12 heavy (non-hydrogen) atoms. The van der Waals surface area contributed by atoms with Crippen molar-refractivity contribution in [1.82, 2.24) is 0 Å². The van der Waals surface area contributed by atoms with Crippen LogP contribution in [-0.4, -0.2) is 0 Å². The molecule has 0 spiro atoms. The van der Waals surface area contributed by atoms with E-state index < -0.39 is 0 Å². The standard InChI is InChI=1S/C12H24/c1-3-4-9-12-10-7-5-6-8-11(12)2/h11-12H,3-10H2,1-2H3. The lowest BCUT2D eigenvalue weighted by Crippen LogP contribution is -2.09. The van der Waals surface area contributed by atoms with Crippen LogP contribution in [0.2, 0.25) is 0 Å². The van der Waals surface area contributed by atoms with E-state index in [-0.39, 0.29) is 0 Å². The number of rotatable bonds is 3. The highest BCUT2D eigenvalue weighted by Crippen LogP contribution is 2.31. The van der Waals surface area contributed by atoms with E-state index in [1.807, 2.05) is 0 Å². The number of hydrogen-bond acceptors (Lipinski definition) is 0. The van der Waals surface area contributed by atoms with E-state index in [4.69, 9.17) is 0 Å². The van der Waals surface area contributed by atoms with Crippen LogP contribution in [0.25, 0.3) is 0 Å². The SMILES string of the molecule is CCCCC1CCCCCC1C. The van der Waals surface area contributed by atoms with Crippen LogP contribution >= 0.6 is 0 Å². The molecule has 0 N–H and O–H groups in total. The molecule has 2 unspecified atom stereocenters. The van der Waals surface area contributed by atoms with E-state index >= 15 is 0 Å². The van der Waals surface area contributed by atoms with Gasteiger partial charge in [0.25, 0.3) is 0 Å². The van der Waals surface area contributed by atoms with Gasteiger partial charge in [0.05, 0.1) is 0 Å². The fraction of sp³-hybridized carbons (Fsp3) is 1.00. The van der Waals surface area contributed by atoms with Crippen molar-refractivity contribution < 1.29 is 0 Å². The highest BCUT2D eigenvalue weighted by Gasteiger charge is 2.18. The second-order valence-corrected chi connectivity index (χ2v) is 4.52. The van der Waals surface area contributed by atoms with Gasteiger partial charge in [-0.2, -0.15) is 0 Å². The monoisotopic (exact) mass is 168 g/mol. The summed E-state index contributed by atoms with van der Waals surface area (Å²) in [4.78, 5) is 0. The molecular weight excluding hydrogens is 144 g/mol. The van der Waals surface area contributed by atoms with Gasteiger partial charge in [-0.25, -0.2) is 0 Å². The Bertz CT molecular complexity index is 107. The lowest BCUT2D eigenvalue weighted by atomic mass is 9.86. The molecule has 1 rings (SSSR count). The summed E-state index contributed by atoms with van der Waals surface area (Å²) in [5, 5.41) is 0. The summed E-state index contributed by atoms with van der Waals surface area (Å²) in [7, 11) is 0. The maximum atomic E-state index is 2.46. The summed E-state index contributed by atoms with van der Waals surface area (Å²) in [6.07, 6.45) is 11.8. The lowest BCUT2D eigenvalue weighted by Gasteiger charge is -2.20. The molecular formula is C12H24.